The van der Waals surface area contributed by atoms with Crippen molar-refractivity contribution in [2.24, 2.45) is 0 Å². The molecule has 3 heteroatoms. The van der Waals surface area contributed by atoms with E-state index in [2.05, 4.69) is 186 Å². The Kier molecular flexibility index (Phi) is 7.07. The van der Waals surface area contributed by atoms with Gasteiger partial charge in [-0.15, -0.1) is 11.3 Å². The SMILES string of the molecule is c1ccc(-c2ccc(Nc3ccc4c(c3)sc3ccc(-c5cccc(N(c6ccccc6)c6ccccc6)c5)cc34)cc2)cc1. The third kappa shape index (κ3) is 5.46. The summed E-state index contributed by atoms with van der Waals surface area (Å²) < 4.78 is 2.57. The van der Waals surface area contributed by atoms with Crippen molar-refractivity contribution in [1.29, 1.82) is 0 Å². The zero-order chi connectivity index (χ0) is 30.0. The van der Waals surface area contributed by atoms with Gasteiger partial charge in [0, 0.05) is 48.6 Å². The third-order valence-corrected chi connectivity index (χ3v) is 9.35. The van der Waals surface area contributed by atoms with Gasteiger partial charge >= 0.3 is 0 Å². The number of nitrogens with zero attached hydrogens (tertiary/aromatic N) is 1. The zero-order valence-corrected chi connectivity index (χ0v) is 25.4. The number of hydrogen-bond donors (Lipinski definition) is 1. The molecule has 0 atom stereocenters. The van der Waals surface area contributed by atoms with E-state index in [0.717, 1.165) is 28.4 Å². The quantitative estimate of drug-likeness (QED) is 0.197. The maximum absolute atomic E-state index is 3.60. The van der Waals surface area contributed by atoms with Crippen LogP contribution in [-0.2, 0) is 0 Å². The fourth-order valence-corrected chi connectivity index (χ4v) is 7.13. The number of nitrogens with one attached hydrogen (secondary N) is 1. The van der Waals surface area contributed by atoms with Crippen LogP contribution in [-0.4, -0.2) is 0 Å². The molecule has 1 aromatic heterocycles. The van der Waals surface area contributed by atoms with Gasteiger partial charge in [0.05, 0.1) is 0 Å². The summed E-state index contributed by atoms with van der Waals surface area (Å²) in [5, 5.41) is 6.18. The first-order valence-electron chi connectivity index (χ1n) is 15.2. The van der Waals surface area contributed by atoms with Crippen molar-refractivity contribution in [2.75, 3.05) is 10.2 Å². The Hall–Kier alpha value is -5.64. The molecule has 214 valence electrons. The van der Waals surface area contributed by atoms with Crippen LogP contribution >= 0.6 is 11.3 Å². The van der Waals surface area contributed by atoms with Gasteiger partial charge in [-0.05, 0) is 95.1 Å². The zero-order valence-electron chi connectivity index (χ0n) is 24.6. The topological polar surface area (TPSA) is 15.3 Å². The molecule has 0 bridgehead atoms. The van der Waals surface area contributed by atoms with Crippen LogP contribution in [0.1, 0.15) is 0 Å². The number of thiophene rings is 1. The Morgan fingerprint density at radius 2 is 0.911 bits per heavy atom. The van der Waals surface area contributed by atoms with Crippen molar-refractivity contribution in [3.05, 3.63) is 176 Å². The molecule has 8 rings (SSSR count). The summed E-state index contributed by atoms with van der Waals surface area (Å²) in [4.78, 5) is 2.31. The lowest BCUT2D eigenvalue weighted by Crippen LogP contribution is -2.09. The lowest BCUT2D eigenvalue weighted by Gasteiger charge is -2.25. The van der Waals surface area contributed by atoms with Crippen molar-refractivity contribution in [3.8, 4) is 22.3 Å². The van der Waals surface area contributed by atoms with E-state index in [1.165, 1.54) is 42.4 Å². The molecule has 0 aliphatic carbocycles. The molecular formula is C42H30N2S. The van der Waals surface area contributed by atoms with E-state index in [0.29, 0.717) is 0 Å². The maximum Gasteiger partial charge on any atom is 0.0467 e. The van der Waals surface area contributed by atoms with Crippen LogP contribution in [0, 0.1) is 0 Å². The molecule has 8 aromatic rings. The molecule has 0 amide bonds. The first-order chi connectivity index (χ1) is 22.3. The minimum atomic E-state index is 1.08. The molecule has 0 fully saturated rings. The second-order valence-corrected chi connectivity index (χ2v) is 12.2. The summed E-state index contributed by atoms with van der Waals surface area (Å²) in [5.74, 6) is 0. The fourth-order valence-electron chi connectivity index (χ4n) is 6.00. The highest BCUT2D eigenvalue weighted by atomic mass is 32.1. The highest BCUT2D eigenvalue weighted by Gasteiger charge is 2.14. The van der Waals surface area contributed by atoms with Gasteiger partial charge in [0.25, 0.3) is 0 Å². The van der Waals surface area contributed by atoms with Gasteiger partial charge in [-0.3, -0.25) is 0 Å². The Morgan fingerprint density at radius 3 is 1.62 bits per heavy atom. The van der Waals surface area contributed by atoms with Crippen molar-refractivity contribution < 1.29 is 0 Å². The first kappa shape index (κ1) is 26.9. The molecule has 2 nitrogen and oxygen atoms in total. The van der Waals surface area contributed by atoms with Gasteiger partial charge in [-0.1, -0.05) is 103 Å². The van der Waals surface area contributed by atoms with E-state index in [9.17, 15) is 0 Å². The molecule has 0 aliphatic rings. The number of benzene rings is 7. The Balaban J connectivity index is 1.10. The number of rotatable bonds is 7. The van der Waals surface area contributed by atoms with Crippen molar-refractivity contribution >= 4 is 59.9 Å². The van der Waals surface area contributed by atoms with Crippen LogP contribution in [0.25, 0.3) is 42.4 Å². The second-order valence-electron chi connectivity index (χ2n) is 11.1. The Bertz CT molecular complexity index is 2180. The number of fused-ring (bicyclic) bond motifs is 3. The summed E-state index contributed by atoms with van der Waals surface area (Å²) in [5.41, 5.74) is 10.4. The molecule has 7 aromatic carbocycles. The third-order valence-electron chi connectivity index (χ3n) is 8.22. The highest BCUT2D eigenvalue weighted by molar-refractivity contribution is 7.25. The average molecular weight is 595 g/mol. The smallest absolute Gasteiger partial charge is 0.0467 e. The largest absolute Gasteiger partial charge is 0.355 e. The molecule has 0 unspecified atom stereocenters. The molecule has 0 saturated carbocycles. The molecule has 1 heterocycles. The van der Waals surface area contributed by atoms with Gasteiger partial charge in [-0.2, -0.15) is 0 Å². The predicted molar refractivity (Wildman–Crippen MR) is 195 cm³/mol. The van der Waals surface area contributed by atoms with Crippen LogP contribution in [0.4, 0.5) is 28.4 Å². The average Bonchev–Trinajstić information content (AvgIpc) is 3.47. The summed E-state index contributed by atoms with van der Waals surface area (Å²) in [6.45, 7) is 0. The van der Waals surface area contributed by atoms with Crippen molar-refractivity contribution in [3.63, 3.8) is 0 Å². The Morgan fingerprint density at radius 1 is 0.356 bits per heavy atom. The molecule has 0 spiro atoms. The van der Waals surface area contributed by atoms with Crippen molar-refractivity contribution in [2.45, 2.75) is 0 Å². The molecule has 0 aliphatic heterocycles. The number of anilines is 5. The van der Waals surface area contributed by atoms with Crippen LogP contribution in [0.3, 0.4) is 0 Å². The molecule has 0 saturated heterocycles. The van der Waals surface area contributed by atoms with Gasteiger partial charge in [0.1, 0.15) is 0 Å². The molecular weight excluding hydrogens is 565 g/mol. The Labute approximate surface area is 267 Å². The van der Waals surface area contributed by atoms with Gasteiger partial charge in [0.15, 0.2) is 0 Å². The normalized spacial score (nSPS) is 11.1. The van der Waals surface area contributed by atoms with E-state index < -0.39 is 0 Å². The number of hydrogen-bond acceptors (Lipinski definition) is 3. The standard InChI is InChI=1S/C42H30N2S/c1-4-11-30(12-5-1)31-19-22-34(23-20-31)43-35-24-25-39-40-28-33(21-26-41(40)45-42(39)29-35)32-13-10-18-38(27-32)44(36-14-6-2-7-15-36)37-16-8-3-9-17-37/h1-29,43H. The molecule has 1 N–H and O–H groups in total. The van der Waals surface area contributed by atoms with Gasteiger partial charge < -0.3 is 10.2 Å². The lowest BCUT2D eigenvalue weighted by molar-refractivity contribution is 1.28. The van der Waals surface area contributed by atoms with E-state index in [4.69, 9.17) is 0 Å². The fraction of sp³-hybridized carbons (Fsp3) is 0. The highest BCUT2D eigenvalue weighted by Crippen LogP contribution is 2.40. The van der Waals surface area contributed by atoms with Gasteiger partial charge in [0.2, 0.25) is 0 Å². The van der Waals surface area contributed by atoms with Gasteiger partial charge in [-0.25, -0.2) is 0 Å². The van der Waals surface area contributed by atoms with Crippen LogP contribution < -0.4 is 10.2 Å². The number of para-hydroxylation sites is 2. The predicted octanol–water partition coefficient (Wildman–Crippen LogP) is 12.6. The summed E-state index contributed by atoms with van der Waals surface area (Å²) >= 11 is 1.84. The second kappa shape index (κ2) is 11.8. The van der Waals surface area contributed by atoms with E-state index in [-0.39, 0.29) is 0 Å². The summed E-state index contributed by atoms with van der Waals surface area (Å²) in [7, 11) is 0. The van der Waals surface area contributed by atoms with Crippen LogP contribution in [0.2, 0.25) is 0 Å². The van der Waals surface area contributed by atoms with Crippen molar-refractivity contribution in [1.82, 2.24) is 0 Å². The first-order valence-corrected chi connectivity index (χ1v) is 16.0. The van der Waals surface area contributed by atoms with E-state index in [1.807, 2.05) is 11.3 Å². The van der Waals surface area contributed by atoms with Crippen LogP contribution in [0.5, 0.6) is 0 Å². The minimum absolute atomic E-state index is 1.08. The van der Waals surface area contributed by atoms with E-state index in [1.54, 1.807) is 0 Å². The minimum Gasteiger partial charge on any atom is -0.355 e. The molecule has 0 radical (unpaired) electrons. The monoisotopic (exact) mass is 594 g/mol. The van der Waals surface area contributed by atoms with Crippen LogP contribution in [0.15, 0.2) is 176 Å². The summed E-state index contributed by atoms with van der Waals surface area (Å²) in [6, 6.07) is 62.7. The lowest BCUT2D eigenvalue weighted by atomic mass is 10.0. The molecule has 45 heavy (non-hydrogen) atoms. The maximum atomic E-state index is 3.60. The van der Waals surface area contributed by atoms with E-state index >= 15 is 0 Å². The summed E-state index contributed by atoms with van der Waals surface area (Å²) in [6.07, 6.45) is 0.